The highest BCUT2D eigenvalue weighted by atomic mass is 32.2. The Balaban J connectivity index is 1.60. The van der Waals surface area contributed by atoms with Crippen molar-refractivity contribution in [3.63, 3.8) is 0 Å². The van der Waals surface area contributed by atoms with E-state index in [1.807, 2.05) is 24.4 Å². The van der Waals surface area contributed by atoms with Crippen molar-refractivity contribution < 1.29 is 0 Å². The molecule has 0 bridgehead atoms. The molecule has 0 N–H and O–H groups in total. The number of hydrogen-bond donors (Lipinski definition) is 0. The molecule has 0 unspecified atom stereocenters. The minimum absolute atomic E-state index is 0.573. The first kappa shape index (κ1) is 13.0. The molecule has 1 aliphatic rings. The minimum Gasteiger partial charge on any atom is -0.298 e. The highest BCUT2D eigenvalue weighted by Crippen LogP contribution is 2.42. The Kier molecular flexibility index (Phi) is 3.48. The van der Waals surface area contributed by atoms with Gasteiger partial charge in [0.1, 0.15) is 0 Å². The lowest BCUT2D eigenvalue weighted by molar-refractivity contribution is 0.670. The van der Waals surface area contributed by atoms with Crippen LogP contribution in [0.1, 0.15) is 24.6 Å². The molecule has 0 atom stereocenters. The normalized spacial score (nSPS) is 14.5. The molecular weight excluding hydrogens is 300 g/mol. The van der Waals surface area contributed by atoms with E-state index in [1.165, 1.54) is 17.7 Å². The van der Waals surface area contributed by atoms with E-state index in [1.54, 1.807) is 23.1 Å². The van der Waals surface area contributed by atoms with Crippen LogP contribution in [0.15, 0.2) is 47.1 Å². The van der Waals surface area contributed by atoms with Gasteiger partial charge in [-0.1, -0.05) is 23.9 Å². The summed E-state index contributed by atoms with van der Waals surface area (Å²) in [5.41, 5.74) is 1.07. The lowest BCUT2D eigenvalue weighted by Gasteiger charge is -2.07. The van der Waals surface area contributed by atoms with Crippen LogP contribution in [0, 0.1) is 0 Å². The first-order valence-corrected chi connectivity index (χ1v) is 8.80. The summed E-state index contributed by atoms with van der Waals surface area (Å²) < 4.78 is 2.30. The monoisotopic (exact) mass is 314 g/mol. The second-order valence-corrected chi connectivity index (χ2v) is 6.88. The molecular formula is C15H14N4S2. The van der Waals surface area contributed by atoms with Crippen LogP contribution in [0.3, 0.4) is 0 Å². The van der Waals surface area contributed by atoms with E-state index in [2.05, 4.69) is 37.3 Å². The Morgan fingerprint density at radius 2 is 2.14 bits per heavy atom. The molecule has 106 valence electrons. The maximum absolute atomic E-state index is 4.41. The molecule has 4 rings (SSSR count). The third-order valence-corrected chi connectivity index (χ3v) is 5.24. The summed E-state index contributed by atoms with van der Waals surface area (Å²) in [6.07, 6.45) is 4.29. The van der Waals surface area contributed by atoms with Crippen LogP contribution >= 0.6 is 23.1 Å². The van der Waals surface area contributed by atoms with E-state index in [4.69, 9.17) is 0 Å². The molecule has 3 aromatic heterocycles. The fraction of sp³-hybridized carbons (Fsp3) is 0.267. The average Bonchev–Trinajstić information content (AvgIpc) is 3.05. The molecule has 0 radical (unpaired) electrons. The van der Waals surface area contributed by atoms with Gasteiger partial charge in [-0.25, -0.2) is 0 Å². The van der Waals surface area contributed by atoms with E-state index in [0.717, 1.165) is 22.4 Å². The van der Waals surface area contributed by atoms with Crippen molar-refractivity contribution in [2.45, 2.75) is 29.8 Å². The van der Waals surface area contributed by atoms with Gasteiger partial charge in [0, 0.05) is 18.0 Å². The van der Waals surface area contributed by atoms with Gasteiger partial charge in [-0.2, -0.15) is 0 Å². The van der Waals surface area contributed by atoms with Gasteiger partial charge < -0.3 is 0 Å². The number of hydrogen-bond acceptors (Lipinski definition) is 5. The molecule has 1 aliphatic carbocycles. The Morgan fingerprint density at radius 1 is 1.19 bits per heavy atom. The molecule has 0 spiro atoms. The van der Waals surface area contributed by atoms with Crippen LogP contribution in [0.4, 0.5) is 0 Å². The van der Waals surface area contributed by atoms with Gasteiger partial charge in [0.15, 0.2) is 11.0 Å². The largest absolute Gasteiger partial charge is 0.298 e. The van der Waals surface area contributed by atoms with Crippen molar-refractivity contribution >= 4 is 23.1 Å². The van der Waals surface area contributed by atoms with Gasteiger partial charge >= 0.3 is 0 Å². The Bertz CT molecular complexity index is 717. The summed E-state index contributed by atoms with van der Waals surface area (Å²) >= 11 is 3.44. The van der Waals surface area contributed by atoms with Gasteiger partial charge in [-0.3, -0.25) is 9.55 Å². The van der Waals surface area contributed by atoms with Gasteiger partial charge in [0.2, 0.25) is 0 Å². The quantitative estimate of drug-likeness (QED) is 0.667. The topological polar surface area (TPSA) is 43.6 Å². The summed E-state index contributed by atoms with van der Waals surface area (Å²) in [7, 11) is 0. The molecule has 0 saturated heterocycles. The first-order valence-electron chi connectivity index (χ1n) is 6.93. The van der Waals surface area contributed by atoms with Crippen LogP contribution in [0.25, 0.3) is 10.7 Å². The summed E-state index contributed by atoms with van der Waals surface area (Å²) in [5.74, 6) is 1.84. The van der Waals surface area contributed by atoms with Crippen LogP contribution in [0.2, 0.25) is 0 Å². The average molecular weight is 314 g/mol. The lowest BCUT2D eigenvalue weighted by Crippen LogP contribution is -1.99. The molecule has 3 aromatic rings. The second-order valence-electron chi connectivity index (χ2n) is 4.99. The molecule has 6 heteroatoms. The zero-order chi connectivity index (χ0) is 14.1. The van der Waals surface area contributed by atoms with Gasteiger partial charge in [0.25, 0.3) is 0 Å². The number of rotatable bonds is 5. The number of aromatic nitrogens is 4. The van der Waals surface area contributed by atoms with Gasteiger partial charge in [-0.05, 0) is 36.4 Å². The van der Waals surface area contributed by atoms with E-state index >= 15 is 0 Å². The first-order chi connectivity index (χ1) is 10.4. The Morgan fingerprint density at radius 3 is 2.86 bits per heavy atom. The van der Waals surface area contributed by atoms with E-state index in [-0.39, 0.29) is 0 Å². The molecule has 1 saturated carbocycles. The van der Waals surface area contributed by atoms with E-state index < -0.39 is 0 Å². The minimum atomic E-state index is 0.573. The summed E-state index contributed by atoms with van der Waals surface area (Å²) in [6.45, 7) is 0. The highest BCUT2D eigenvalue weighted by molar-refractivity contribution is 7.98. The third-order valence-electron chi connectivity index (χ3n) is 3.39. The molecule has 3 heterocycles. The van der Waals surface area contributed by atoms with Crippen molar-refractivity contribution in [2.75, 3.05) is 0 Å². The zero-order valence-electron chi connectivity index (χ0n) is 11.3. The summed E-state index contributed by atoms with van der Waals surface area (Å²) in [4.78, 5) is 5.56. The predicted octanol–water partition coefficient (Wildman–Crippen LogP) is 4.03. The fourth-order valence-electron chi connectivity index (χ4n) is 2.23. The van der Waals surface area contributed by atoms with Gasteiger partial charge in [0.05, 0.1) is 10.6 Å². The van der Waals surface area contributed by atoms with Crippen LogP contribution in [-0.2, 0) is 5.75 Å². The SMILES string of the molecule is c1ccc(CSc2nnc(-c3cccs3)n2C2CC2)nc1. The van der Waals surface area contributed by atoms with E-state index in [9.17, 15) is 0 Å². The number of pyridine rings is 1. The molecule has 1 fully saturated rings. The second kappa shape index (κ2) is 5.61. The molecule has 4 nitrogen and oxygen atoms in total. The molecule has 0 amide bonds. The number of thiophene rings is 1. The smallest absolute Gasteiger partial charge is 0.192 e. The highest BCUT2D eigenvalue weighted by Gasteiger charge is 2.30. The van der Waals surface area contributed by atoms with Gasteiger partial charge in [-0.15, -0.1) is 21.5 Å². The van der Waals surface area contributed by atoms with Crippen LogP contribution in [0.5, 0.6) is 0 Å². The molecule has 0 aliphatic heterocycles. The predicted molar refractivity (Wildman–Crippen MR) is 85.4 cm³/mol. The van der Waals surface area contributed by atoms with Crippen LogP contribution < -0.4 is 0 Å². The lowest BCUT2D eigenvalue weighted by atomic mass is 10.4. The fourth-order valence-corrected chi connectivity index (χ4v) is 3.86. The van der Waals surface area contributed by atoms with Crippen molar-refractivity contribution in [3.05, 3.63) is 47.6 Å². The Labute approximate surface area is 131 Å². The van der Waals surface area contributed by atoms with Crippen molar-refractivity contribution in [1.82, 2.24) is 19.7 Å². The maximum Gasteiger partial charge on any atom is 0.192 e. The Hall–Kier alpha value is -1.66. The zero-order valence-corrected chi connectivity index (χ0v) is 13.0. The standard InChI is InChI=1S/C15H14N4S2/c1-2-8-16-11(4-1)10-21-15-18-17-14(13-5-3-9-20-13)19(15)12-6-7-12/h1-5,8-9,12H,6-7,10H2. The van der Waals surface area contributed by atoms with Crippen molar-refractivity contribution in [3.8, 4) is 10.7 Å². The van der Waals surface area contributed by atoms with Crippen molar-refractivity contribution in [2.24, 2.45) is 0 Å². The van der Waals surface area contributed by atoms with Crippen LogP contribution in [-0.4, -0.2) is 19.7 Å². The summed E-state index contributed by atoms with van der Waals surface area (Å²) in [6, 6.07) is 10.8. The maximum atomic E-state index is 4.41. The van der Waals surface area contributed by atoms with Crippen molar-refractivity contribution in [1.29, 1.82) is 0 Å². The third kappa shape index (κ3) is 2.73. The molecule has 21 heavy (non-hydrogen) atoms. The van der Waals surface area contributed by atoms with E-state index in [0.29, 0.717) is 6.04 Å². The molecule has 0 aromatic carbocycles. The summed E-state index contributed by atoms with van der Waals surface area (Å²) in [5, 5.41) is 11.9. The number of nitrogens with zero attached hydrogens (tertiary/aromatic N) is 4. The number of thioether (sulfide) groups is 1.